The Morgan fingerprint density at radius 1 is 1.39 bits per heavy atom. The first-order valence-corrected chi connectivity index (χ1v) is 10.2. The molecule has 0 spiro atoms. The summed E-state index contributed by atoms with van der Waals surface area (Å²) in [4.78, 5) is 13.5. The molecule has 2 aliphatic rings. The third-order valence-electron chi connectivity index (χ3n) is 4.65. The van der Waals surface area contributed by atoms with Crippen molar-refractivity contribution in [1.82, 2.24) is 9.78 Å². The van der Waals surface area contributed by atoms with Crippen molar-refractivity contribution in [2.24, 2.45) is 13.0 Å². The summed E-state index contributed by atoms with van der Waals surface area (Å²) in [5.74, 6) is 3.33. The van der Waals surface area contributed by atoms with Crippen molar-refractivity contribution in [2.75, 3.05) is 16.8 Å². The molecule has 1 amide bonds. The second-order valence-corrected chi connectivity index (χ2v) is 8.98. The summed E-state index contributed by atoms with van der Waals surface area (Å²) < 4.78 is 2.67. The van der Waals surface area contributed by atoms with Crippen molar-refractivity contribution in [2.45, 2.75) is 25.2 Å². The normalized spacial score (nSPS) is 18.5. The lowest BCUT2D eigenvalue weighted by Gasteiger charge is -2.27. The fraction of sp³-hybridized carbons (Fsp3) is 0.500. The van der Waals surface area contributed by atoms with Crippen LogP contribution in [0.15, 0.2) is 12.1 Å². The Morgan fingerprint density at radius 2 is 2.17 bits per heavy atom. The predicted octanol–water partition coefficient (Wildman–Crippen LogP) is 4.37. The number of nitrogens with one attached hydrogen (secondary N) is 1. The Balaban J connectivity index is 1.72. The molecule has 1 saturated heterocycles. The van der Waals surface area contributed by atoms with Gasteiger partial charge in [0.25, 0.3) is 0 Å². The third kappa shape index (κ3) is 2.81. The number of nitrogens with zero attached hydrogens (tertiary/aromatic N) is 2. The lowest BCUT2D eigenvalue weighted by Crippen LogP contribution is -2.33. The largest absolute Gasteiger partial charge is 0.309 e. The fourth-order valence-corrected chi connectivity index (χ4v) is 4.96. The van der Waals surface area contributed by atoms with Crippen molar-refractivity contribution < 1.29 is 4.79 Å². The average molecular weight is 368 g/mol. The van der Waals surface area contributed by atoms with Gasteiger partial charge in [0.05, 0.1) is 20.8 Å². The van der Waals surface area contributed by atoms with E-state index in [1.54, 1.807) is 11.3 Å². The van der Waals surface area contributed by atoms with Gasteiger partial charge < -0.3 is 5.32 Å². The number of carbonyl (C=O) groups is 1. The molecule has 0 unspecified atom stereocenters. The molecule has 2 aromatic rings. The van der Waals surface area contributed by atoms with Crippen LogP contribution in [0.5, 0.6) is 0 Å². The molecule has 3 heterocycles. The highest BCUT2D eigenvalue weighted by atomic mass is 35.5. The van der Waals surface area contributed by atoms with Crippen molar-refractivity contribution in [3.63, 3.8) is 0 Å². The van der Waals surface area contributed by atoms with E-state index in [0.717, 1.165) is 32.2 Å². The first-order valence-electron chi connectivity index (χ1n) is 7.84. The molecule has 7 heteroatoms. The molecule has 1 N–H and O–H groups in total. The van der Waals surface area contributed by atoms with Gasteiger partial charge in [0.2, 0.25) is 5.91 Å². The maximum atomic E-state index is 12.3. The van der Waals surface area contributed by atoms with Gasteiger partial charge in [-0.3, -0.25) is 9.48 Å². The van der Waals surface area contributed by atoms with Crippen molar-refractivity contribution in [3.05, 3.63) is 22.0 Å². The van der Waals surface area contributed by atoms with Gasteiger partial charge in [-0.1, -0.05) is 18.0 Å². The van der Waals surface area contributed by atoms with Gasteiger partial charge in [-0.2, -0.15) is 16.9 Å². The molecular weight excluding hydrogens is 350 g/mol. The van der Waals surface area contributed by atoms with E-state index in [1.807, 2.05) is 35.6 Å². The van der Waals surface area contributed by atoms with E-state index in [2.05, 4.69) is 10.4 Å². The van der Waals surface area contributed by atoms with Crippen LogP contribution < -0.4 is 5.32 Å². The van der Waals surface area contributed by atoms with E-state index in [0.29, 0.717) is 5.92 Å². The molecule has 23 heavy (non-hydrogen) atoms. The molecule has 1 aliphatic heterocycles. The zero-order chi connectivity index (χ0) is 16.0. The molecule has 0 radical (unpaired) electrons. The van der Waals surface area contributed by atoms with Crippen LogP contribution >= 0.6 is 34.7 Å². The summed E-state index contributed by atoms with van der Waals surface area (Å²) in [5.41, 5.74) is 2.29. The maximum Gasteiger partial charge on any atom is 0.230 e. The lowest BCUT2D eigenvalue weighted by atomic mass is 9.79. The lowest BCUT2D eigenvalue weighted by molar-refractivity contribution is -0.118. The number of hydrogen-bond donors (Lipinski definition) is 1. The molecule has 122 valence electrons. The minimum absolute atomic E-state index is 0.109. The summed E-state index contributed by atoms with van der Waals surface area (Å²) >= 11 is 9.50. The van der Waals surface area contributed by atoms with E-state index >= 15 is 0 Å². The topological polar surface area (TPSA) is 46.9 Å². The second-order valence-electron chi connectivity index (χ2n) is 6.19. The number of aryl methyl sites for hydroxylation is 1. The van der Waals surface area contributed by atoms with Crippen LogP contribution in [-0.2, 0) is 11.8 Å². The molecule has 1 saturated carbocycles. The van der Waals surface area contributed by atoms with Crippen molar-refractivity contribution in [3.8, 4) is 10.6 Å². The number of rotatable bonds is 4. The second kappa shape index (κ2) is 6.15. The highest BCUT2D eigenvalue weighted by Gasteiger charge is 2.32. The number of amides is 1. The number of carbonyl (C=O) groups excluding carboxylic acids is 1. The molecule has 0 atom stereocenters. The molecule has 0 aromatic carbocycles. The fourth-order valence-electron chi connectivity index (χ4n) is 3.06. The van der Waals surface area contributed by atoms with Gasteiger partial charge in [-0.05, 0) is 30.9 Å². The van der Waals surface area contributed by atoms with E-state index in [9.17, 15) is 4.79 Å². The minimum Gasteiger partial charge on any atom is -0.309 e. The predicted molar refractivity (Wildman–Crippen MR) is 97.6 cm³/mol. The first-order chi connectivity index (χ1) is 11.1. The Hall–Kier alpha value is -0.980. The Morgan fingerprint density at radius 3 is 2.70 bits per heavy atom. The van der Waals surface area contributed by atoms with Gasteiger partial charge >= 0.3 is 0 Å². The van der Waals surface area contributed by atoms with Crippen LogP contribution in [0.25, 0.3) is 10.6 Å². The number of thiophene rings is 1. The Labute approximate surface area is 148 Å². The number of thioether (sulfide) groups is 1. The molecule has 4 rings (SSSR count). The summed E-state index contributed by atoms with van der Waals surface area (Å²) in [7, 11) is 1.94. The molecule has 2 fully saturated rings. The van der Waals surface area contributed by atoms with Crippen LogP contribution in [0.2, 0.25) is 4.34 Å². The van der Waals surface area contributed by atoms with Gasteiger partial charge in [0.1, 0.15) is 0 Å². The van der Waals surface area contributed by atoms with Crippen LogP contribution in [0.4, 0.5) is 5.82 Å². The van der Waals surface area contributed by atoms with E-state index in [1.165, 1.54) is 24.8 Å². The monoisotopic (exact) mass is 367 g/mol. The van der Waals surface area contributed by atoms with Gasteiger partial charge in [-0.25, -0.2) is 0 Å². The van der Waals surface area contributed by atoms with Gasteiger partial charge in [0, 0.05) is 24.1 Å². The highest BCUT2D eigenvalue weighted by molar-refractivity contribution is 8.00. The Bertz CT molecular complexity index is 747. The Kier molecular flexibility index (Phi) is 4.15. The summed E-state index contributed by atoms with van der Waals surface area (Å²) in [6, 6.07) is 3.96. The zero-order valence-corrected chi connectivity index (χ0v) is 15.2. The molecule has 0 bridgehead atoms. The van der Waals surface area contributed by atoms with Gasteiger partial charge in [-0.15, -0.1) is 11.3 Å². The van der Waals surface area contributed by atoms with Crippen LogP contribution in [-0.4, -0.2) is 27.2 Å². The molecule has 2 aromatic heterocycles. The average Bonchev–Trinajstić information content (AvgIpc) is 2.90. The quantitative estimate of drug-likeness (QED) is 0.872. The van der Waals surface area contributed by atoms with Crippen molar-refractivity contribution in [1.29, 1.82) is 0 Å². The van der Waals surface area contributed by atoms with Crippen LogP contribution in [0.3, 0.4) is 0 Å². The number of halogens is 1. The third-order valence-corrected chi connectivity index (χ3v) is 7.17. The van der Waals surface area contributed by atoms with E-state index in [4.69, 9.17) is 11.6 Å². The summed E-state index contributed by atoms with van der Waals surface area (Å²) in [6.45, 7) is 0. The van der Waals surface area contributed by atoms with Crippen LogP contribution in [0, 0.1) is 5.92 Å². The van der Waals surface area contributed by atoms with Crippen LogP contribution in [0.1, 0.15) is 30.7 Å². The maximum absolute atomic E-state index is 12.3. The molecule has 4 nitrogen and oxygen atoms in total. The summed E-state index contributed by atoms with van der Waals surface area (Å²) in [6.07, 6.45) is 3.58. The molecule has 1 aliphatic carbocycles. The van der Waals surface area contributed by atoms with E-state index < -0.39 is 0 Å². The number of aromatic nitrogens is 2. The van der Waals surface area contributed by atoms with E-state index in [-0.39, 0.29) is 11.8 Å². The minimum atomic E-state index is 0.109. The number of hydrogen-bond acceptors (Lipinski definition) is 4. The highest BCUT2D eigenvalue weighted by Crippen LogP contribution is 2.46. The zero-order valence-electron chi connectivity index (χ0n) is 12.8. The summed E-state index contributed by atoms with van der Waals surface area (Å²) in [5, 5.41) is 7.71. The first kappa shape index (κ1) is 15.5. The SMILES string of the molecule is Cn1nc(NC(=O)C2CSC2)c(C2CCC2)c1-c1ccc(Cl)s1. The van der Waals surface area contributed by atoms with Crippen molar-refractivity contribution >= 4 is 46.4 Å². The molecular formula is C16H18ClN3OS2. The van der Waals surface area contributed by atoms with Gasteiger partial charge in [0.15, 0.2) is 5.82 Å². The standard InChI is InChI=1S/C16H18ClN3OS2/c1-20-14(11-5-6-12(17)23-11)13(9-3-2-4-9)15(19-20)18-16(21)10-7-22-8-10/h5-6,9-10H,2-4,7-8H2,1H3,(H,18,19,21). The smallest absolute Gasteiger partial charge is 0.230 e. The number of anilines is 1.